The summed E-state index contributed by atoms with van der Waals surface area (Å²) in [5.41, 5.74) is 6.52. The second kappa shape index (κ2) is 6.26. The molecule has 1 amide bonds. The third kappa shape index (κ3) is 3.37. The number of hydrogen-bond acceptors (Lipinski definition) is 4. The first-order valence-corrected chi connectivity index (χ1v) is 5.71. The van der Waals surface area contributed by atoms with E-state index in [1.807, 2.05) is 18.2 Å². The van der Waals surface area contributed by atoms with Crippen molar-refractivity contribution in [3.05, 3.63) is 23.8 Å². The van der Waals surface area contributed by atoms with Crippen LogP contribution in [-0.2, 0) is 11.3 Å². The number of likely N-dealkylation sites (N-methyl/N-ethyl adjacent to an activating group) is 1. The molecule has 0 spiro atoms. The number of nitrogens with two attached hydrogens (primary N) is 1. The Hall–Kier alpha value is -1.75. The Kier molecular flexibility index (Phi) is 4.97. The van der Waals surface area contributed by atoms with Gasteiger partial charge in [0.2, 0.25) is 5.91 Å². The zero-order chi connectivity index (χ0) is 13.7. The number of nitrogens with zero attached hydrogens (tertiary/aromatic N) is 1. The van der Waals surface area contributed by atoms with Crippen LogP contribution in [0.15, 0.2) is 18.2 Å². The van der Waals surface area contributed by atoms with Crippen LogP contribution in [0.25, 0.3) is 0 Å². The number of amides is 1. The number of carbonyl (C=O) groups excluding carboxylic acids is 1. The van der Waals surface area contributed by atoms with Crippen LogP contribution in [0, 0.1) is 0 Å². The van der Waals surface area contributed by atoms with Gasteiger partial charge in [-0.2, -0.15) is 0 Å². The van der Waals surface area contributed by atoms with Gasteiger partial charge in [0.15, 0.2) is 11.5 Å². The molecule has 0 aliphatic rings. The van der Waals surface area contributed by atoms with Gasteiger partial charge in [0.25, 0.3) is 0 Å². The molecule has 1 aromatic carbocycles. The minimum Gasteiger partial charge on any atom is -0.493 e. The molecule has 0 fully saturated rings. The maximum Gasteiger partial charge on any atom is 0.239 e. The summed E-state index contributed by atoms with van der Waals surface area (Å²) in [7, 11) is 4.89. The molecule has 0 heterocycles. The zero-order valence-electron chi connectivity index (χ0n) is 11.3. The van der Waals surface area contributed by atoms with Crippen LogP contribution >= 0.6 is 0 Å². The normalized spacial score (nSPS) is 11.8. The smallest absolute Gasteiger partial charge is 0.239 e. The topological polar surface area (TPSA) is 64.8 Å². The summed E-state index contributed by atoms with van der Waals surface area (Å²) >= 11 is 0. The molecule has 1 atom stereocenters. The highest BCUT2D eigenvalue weighted by molar-refractivity contribution is 5.80. The standard InChI is InChI=1S/C13H20N2O3/c1-9(14)13(16)15(2)8-10-5-6-11(17-3)12(7-10)18-4/h5-7,9H,8,14H2,1-4H3/t9-/m0/s1. The fourth-order valence-corrected chi connectivity index (χ4v) is 1.68. The highest BCUT2D eigenvalue weighted by Crippen LogP contribution is 2.27. The summed E-state index contributed by atoms with van der Waals surface area (Å²) in [6.45, 7) is 2.16. The molecular weight excluding hydrogens is 232 g/mol. The predicted molar refractivity (Wildman–Crippen MR) is 69.7 cm³/mol. The lowest BCUT2D eigenvalue weighted by Crippen LogP contribution is -2.39. The maximum atomic E-state index is 11.7. The van der Waals surface area contributed by atoms with E-state index in [2.05, 4.69) is 0 Å². The third-order valence-corrected chi connectivity index (χ3v) is 2.63. The first-order valence-electron chi connectivity index (χ1n) is 5.71. The van der Waals surface area contributed by atoms with Crippen LogP contribution in [0.2, 0.25) is 0 Å². The Morgan fingerprint density at radius 1 is 1.33 bits per heavy atom. The van der Waals surface area contributed by atoms with Crippen molar-refractivity contribution in [3.63, 3.8) is 0 Å². The van der Waals surface area contributed by atoms with Crippen molar-refractivity contribution in [1.29, 1.82) is 0 Å². The Balaban J connectivity index is 2.82. The molecule has 1 aromatic rings. The lowest BCUT2D eigenvalue weighted by Gasteiger charge is -2.20. The molecule has 0 unspecified atom stereocenters. The summed E-state index contributed by atoms with van der Waals surface area (Å²) in [6.07, 6.45) is 0. The molecule has 0 bridgehead atoms. The molecule has 2 N–H and O–H groups in total. The second-order valence-electron chi connectivity index (χ2n) is 4.17. The average molecular weight is 252 g/mol. The first-order chi connectivity index (χ1) is 8.49. The largest absolute Gasteiger partial charge is 0.493 e. The van der Waals surface area contributed by atoms with E-state index in [0.717, 1.165) is 5.56 Å². The minimum atomic E-state index is -0.491. The molecule has 5 heteroatoms. The van der Waals surface area contributed by atoms with E-state index in [0.29, 0.717) is 18.0 Å². The highest BCUT2D eigenvalue weighted by atomic mass is 16.5. The molecular formula is C13H20N2O3. The molecule has 0 aliphatic carbocycles. The van der Waals surface area contributed by atoms with Crippen molar-refractivity contribution in [2.75, 3.05) is 21.3 Å². The van der Waals surface area contributed by atoms with Gasteiger partial charge in [0, 0.05) is 13.6 Å². The lowest BCUT2D eigenvalue weighted by atomic mass is 10.2. The molecule has 0 aliphatic heterocycles. The zero-order valence-corrected chi connectivity index (χ0v) is 11.3. The highest BCUT2D eigenvalue weighted by Gasteiger charge is 2.14. The summed E-state index contributed by atoms with van der Waals surface area (Å²) in [6, 6.07) is 5.07. The van der Waals surface area contributed by atoms with Gasteiger partial charge in [-0.1, -0.05) is 6.07 Å². The van der Waals surface area contributed by atoms with E-state index >= 15 is 0 Å². The van der Waals surface area contributed by atoms with E-state index in [-0.39, 0.29) is 5.91 Å². The van der Waals surface area contributed by atoms with Crippen LogP contribution < -0.4 is 15.2 Å². The molecule has 18 heavy (non-hydrogen) atoms. The number of benzene rings is 1. The van der Waals surface area contributed by atoms with Crippen molar-refractivity contribution in [2.24, 2.45) is 5.73 Å². The Labute approximate surface area is 107 Å². The average Bonchev–Trinajstić information content (AvgIpc) is 2.37. The summed E-state index contributed by atoms with van der Waals surface area (Å²) < 4.78 is 10.4. The molecule has 5 nitrogen and oxygen atoms in total. The van der Waals surface area contributed by atoms with Gasteiger partial charge in [-0.3, -0.25) is 4.79 Å². The van der Waals surface area contributed by atoms with Crippen molar-refractivity contribution >= 4 is 5.91 Å². The SMILES string of the molecule is COc1ccc(CN(C)C(=O)[C@H](C)N)cc1OC. The Morgan fingerprint density at radius 2 is 1.94 bits per heavy atom. The Bertz CT molecular complexity index is 419. The number of ether oxygens (including phenoxy) is 2. The molecule has 100 valence electrons. The van der Waals surface area contributed by atoms with Gasteiger partial charge in [-0.05, 0) is 24.6 Å². The van der Waals surface area contributed by atoms with Gasteiger partial charge in [-0.25, -0.2) is 0 Å². The Morgan fingerprint density at radius 3 is 2.44 bits per heavy atom. The molecule has 0 aromatic heterocycles. The first kappa shape index (κ1) is 14.3. The van der Waals surface area contributed by atoms with Crippen LogP contribution in [0.4, 0.5) is 0 Å². The summed E-state index contributed by atoms with van der Waals surface area (Å²) in [5, 5.41) is 0. The van der Waals surface area contributed by atoms with Gasteiger partial charge in [-0.15, -0.1) is 0 Å². The lowest BCUT2D eigenvalue weighted by molar-refractivity contribution is -0.131. The van der Waals surface area contributed by atoms with Gasteiger partial charge >= 0.3 is 0 Å². The van der Waals surface area contributed by atoms with Crippen LogP contribution in [-0.4, -0.2) is 38.1 Å². The van der Waals surface area contributed by atoms with E-state index in [1.165, 1.54) is 0 Å². The van der Waals surface area contributed by atoms with Crippen LogP contribution in [0.5, 0.6) is 11.5 Å². The van der Waals surface area contributed by atoms with Crippen molar-refractivity contribution in [1.82, 2.24) is 4.90 Å². The molecule has 0 saturated heterocycles. The van der Waals surface area contributed by atoms with Crippen molar-refractivity contribution in [3.8, 4) is 11.5 Å². The minimum absolute atomic E-state index is 0.0928. The third-order valence-electron chi connectivity index (χ3n) is 2.63. The quantitative estimate of drug-likeness (QED) is 0.849. The molecule has 1 rings (SSSR count). The number of hydrogen-bond donors (Lipinski definition) is 1. The maximum absolute atomic E-state index is 11.7. The molecule has 0 radical (unpaired) electrons. The van der Waals surface area contributed by atoms with E-state index < -0.39 is 6.04 Å². The van der Waals surface area contributed by atoms with E-state index in [9.17, 15) is 4.79 Å². The molecule has 0 saturated carbocycles. The van der Waals surface area contributed by atoms with E-state index in [4.69, 9.17) is 15.2 Å². The van der Waals surface area contributed by atoms with Crippen LogP contribution in [0.1, 0.15) is 12.5 Å². The van der Waals surface area contributed by atoms with Crippen molar-refractivity contribution in [2.45, 2.75) is 19.5 Å². The van der Waals surface area contributed by atoms with Crippen molar-refractivity contribution < 1.29 is 14.3 Å². The predicted octanol–water partition coefficient (Wildman–Crippen LogP) is 1.01. The van der Waals surface area contributed by atoms with Gasteiger partial charge in [0.05, 0.1) is 20.3 Å². The van der Waals surface area contributed by atoms with Gasteiger partial charge in [0.1, 0.15) is 0 Å². The fourth-order valence-electron chi connectivity index (χ4n) is 1.68. The number of rotatable bonds is 5. The number of carbonyl (C=O) groups is 1. The number of methoxy groups -OCH3 is 2. The van der Waals surface area contributed by atoms with Gasteiger partial charge < -0.3 is 20.1 Å². The fraction of sp³-hybridized carbons (Fsp3) is 0.462. The van der Waals surface area contributed by atoms with E-state index in [1.54, 1.807) is 33.1 Å². The van der Waals surface area contributed by atoms with Crippen LogP contribution in [0.3, 0.4) is 0 Å². The monoisotopic (exact) mass is 252 g/mol. The summed E-state index contributed by atoms with van der Waals surface area (Å²) in [4.78, 5) is 13.3. The summed E-state index contributed by atoms with van der Waals surface area (Å²) in [5.74, 6) is 1.23. The second-order valence-corrected chi connectivity index (χ2v) is 4.17.